The van der Waals surface area contributed by atoms with E-state index in [1.54, 1.807) is 24.3 Å². The van der Waals surface area contributed by atoms with Gasteiger partial charge in [-0.25, -0.2) is 0 Å². The number of nitrogens with one attached hydrogen (secondary N) is 5. The Morgan fingerprint density at radius 2 is 1.18 bits per heavy atom. The third-order valence-corrected chi connectivity index (χ3v) is 15.3. The maximum absolute atomic E-state index is 14.5. The van der Waals surface area contributed by atoms with Crippen LogP contribution in [0.25, 0.3) is 22.3 Å². The van der Waals surface area contributed by atoms with Gasteiger partial charge in [-0.1, -0.05) is 87.4 Å². The van der Waals surface area contributed by atoms with Crippen LogP contribution in [0.3, 0.4) is 0 Å². The Balaban J connectivity index is 1.12. The summed E-state index contributed by atoms with van der Waals surface area (Å²) in [7, 11) is 0. The predicted molar refractivity (Wildman–Crippen MR) is 316 cm³/mol. The number of carbonyl (C=O) groups excluding carboxylic acids is 7. The molecule has 0 radical (unpaired) electrons. The second-order valence-corrected chi connectivity index (χ2v) is 22.1. The second-order valence-electron chi connectivity index (χ2n) is 22.1. The maximum Gasteiger partial charge on any atom is 0.251 e. The van der Waals surface area contributed by atoms with Crippen molar-refractivity contribution < 1.29 is 83.9 Å². The molecule has 7 amide bonds. The van der Waals surface area contributed by atoms with Gasteiger partial charge in [0.15, 0.2) is 6.23 Å². The minimum Gasteiger partial charge on any atom is -0.508 e. The number of hydrogen-bond acceptors (Lipinski definition) is 19. The largest absolute Gasteiger partial charge is 0.508 e. The van der Waals surface area contributed by atoms with E-state index in [2.05, 4.69) is 33.5 Å². The van der Waals surface area contributed by atoms with Crippen molar-refractivity contribution in [3.05, 3.63) is 108 Å². The van der Waals surface area contributed by atoms with E-state index in [4.69, 9.17) is 20.9 Å². The van der Waals surface area contributed by atoms with Gasteiger partial charge in [0.2, 0.25) is 35.4 Å². The Kier molecular flexibility index (Phi) is 25.1. The number of hydrogen-bond donors (Lipinski definition) is 15. The second kappa shape index (κ2) is 31.8. The van der Waals surface area contributed by atoms with Crippen molar-refractivity contribution in [3.8, 4) is 33.8 Å². The molecule has 0 aromatic heterocycles. The molecule has 0 saturated carbocycles. The topological polar surface area (TPSA) is 418 Å². The lowest BCUT2D eigenvalue weighted by molar-refractivity contribution is -0.150. The summed E-state index contributed by atoms with van der Waals surface area (Å²) in [4.78, 5) is 99.7. The van der Waals surface area contributed by atoms with E-state index in [0.29, 0.717) is 6.61 Å². The van der Waals surface area contributed by atoms with Crippen LogP contribution in [-0.2, 0) is 33.5 Å². The SMILES string of the molecule is CCCCCOc1ccc(-c2ccc(-c3ccc(C(=O)NCC(=O)NC(C(=O)N4C[C@H](O)CC4C(=O)NC(C(=O)NC(C(=O)N4C[C@H](C)[C@H](O)C4C(=O)NC(OC(CN)CN)[C@@H](C)O)[C@@H](C)O)[C@H](O)[C@@H](O)c4ccc(O)cc4)[C@@H](C)O)cc3)cc2)cc1. The average molecular weight is 1210 g/mol. The summed E-state index contributed by atoms with van der Waals surface area (Å²) >= 11 is 0. The number of rotatable bonds is 29. The molecule has 26 nitrogen and oxygen atoms in total. The van der Waals surface area contributed by atoms with Crippen LogP contribution in [0.2, 0.25) is 0 Å². The highest BCUT2D eigenvalue weighted by atomic mass is 16.5. The van der Waals surface area contributed by atoms with E-state index in [-0.39, 0.29) is 36.5 Å². The van der Waals surface area contributed by atoms with Crippen LogP contribution in [0.5, 0.6) is 11.5 Å². The molecular weight excluding hydrogens is 1130 g/mol. The first-order valence-electron chi connectivity index (χ1n) is 29.0. The van der Waals surface area contributed by atoms with Crippen molar-refractivity contribution in [1.82, 2.24) is 36.4 Å². The molecule has 6 rings (SSSR count). The van der Waals surface area contributed by atoms with Gasteiger partial charge in [-0.05, 0) is 91.4 Å². The third kappa shape index (κ3) is 18.0. The fourth-order valence-electron chi connectivity index (χ4n) is 10.2. The number of amides is 7. The number of ether oxygens (including phenoxy) is 2. The zero-order valence-corrected chi connectivity index (χ0v) is 49.3. The summed E-state index contributed by atoms with van der Waals surface area (Å²) < 4.78 is 11.5. The van der Waals surface area contributed by atoms with Crippen molar-refractivity contribution in [1.29, 1.82) is 0 Å². The van der Waals surface area contributed by atoms with Gasteiger partial charge in [0.1, 0.15) is 53.9 Å². The summed E-state index contributed by atoms with van der Waals surface area (Å²) in [6.45, 7) is 6.21. The first kappa shape index (κ1) is 68.5. The van der Waals surface area contributed by atoms with Gasteiger partial charge in [0.05, 0.1) is 49.8 Å². The summed E-state index contributed by atoms with van der Waals surface area (Å²) in [5.74, 6) is -7.61. The van der Waals surface area contributed by atoms with Crippen LogP contribution in [0.15, 0.2) is 97.1 Å². The summed E-state index contributed by atoms with van der Waals surface area (Å²) in [6.07, 6.45) is -11.5. The summed E-state index contributed by atoms with van der Waals surface area (Å²) in [5.41, 5.74) is 15.2. The normalized spacial score (nSPS) is 20.7. The Hall–Kier alpha value is -7.63. The summed E-state index contributed by atoms with van der Waals surface area (Å²) in [5, 5.41) is 99.3. The fourth-order valence-corrected chi connectivity index (χ4v) is 10.2. The van der Waals surface area contributed by atoms with Crippen LogP contribution in [0, 0.1) is 5.92 Å². The lowest BCUT2D eigenvalue weighted by Gasteiger charge is -2.34. The van der Waals surface area contributed by atoms with E-state index in [1.165, 1.54) is 32.9 Å². The van der Waals surface area contributed by atoms with Crippen LogP contribution in [-0.4, -0.2) is 210 Å². The Morgan fingerprint density at radius 1 is 0.644 bits per heavy atom. The highest BCUT2D eigenvalue weighted by molar-refractivity contribution is 5.99. The lowest BCUT2D eigenvalue weighted by atomic mass is 9.96. The molecule has 0 spiro atoms. The molecule has 0 bridgehead atoms. The zero-order chi connectivity index (χ0) is 63.8. The number of aliphatic hydroxyl groups is 7. The van der Waals surface area contributed by atoms with Crippen molar-refractivity contribution in [2.75, 3.05) is 39.3 Å². The number of unbranched alkanes of at least 4 members (excludes halogenated alkanes) is 2. The van der Waals surface area contributed by atoms with Gasteiger partial charge in [-0.2, -0.15) is 0 Å². The maximum atomic E-state index is 14.5. The molecule has 2 fully saturated rings. The number of carbonyl (C=O) groups is 7. The molecule has 26 heteroatoms. The van der Waals surface area contributed by atoms with Gasteiger partial charge in [-0.15, -0.1) is 0 Å². The van der Waals surface area contributed by atoms with E-state index in [0.717, 1.165) is 76.1 Å². The van der Waals surface area contributed by atoms with Gasteiger partial charge in [0.25, 0.3) is 5.91 Å². The molecule has 2 aliphatic rings. The number of phenols is 1. The number of nitrogens with zero attached hydrogens (tertiary/aromatic N) is 2. The van der Waals surface area contributed by atoms with Crippen molar-refractivity contribution in [3.63, 3.8) is 0 Å². The predicted octanol–water partition coefficient (Wildman–Crippen LogP) is -1.37. The van der Waals surface area contributed by atoms with Crippen LogP contribution < -0.4 is 42.8 Å². The number of phenolic OH excluding ortho intramolecular Hbond substituents is 1. The standard InChI is InChI=1S/C61H83N9O17/c1-6-7-8-25-86-44-23-19-39(20-24-44)37-11-9-36(10-12-37)38-13-15-41(16-14-38)55(80)64-29-47(76)65-48(33(3)71)60(84)69-31-43(75)26-46(69)56(81)67-50(54(79)53(78)40-17-21-42(74)22-18-40)57(82)66-49(34(4)72)61(85)70-30-32(2)52(77)51(70)58(83)68-59(35(5)73)87-45(27-62)28-63/h9-24,32-35,43,45-46,48-54,59,71-75,77-79H,6-8,25-31,62-63H2,1-5H3,(H,64,80)(H,65,76)(H,66,82)(H,67,81)(H,68,83)/t32-,33+,34+,35+,43+,46?,48?,49?,50?,51?,52-,53-,54-,59?/m0/s1. The van der Waals surface area contributed by atoms with E-state index in [1.807, 2.05) is 48.5 Å². The first-order chi connectivity index (χ1) is 41.4. The van der Waals surface area contributed by atoms with Crippen molar-refractivity contribution in [2.24, 2.45) is 17.4 Å². The van der Waals surface area contributed by atoms with E-state index < -0.39 is 152 Å². The van der Waals surface area contributed by atoms with Gasteiger partial charge < -0.3 is 98.2 Å². The zero-order valence-electron chi connectivity index (χ0n) is 49.3. The van der Waals surface area contributed by atoms with Crippen molar-refractivity contribution in [2.45, 2.75) is 146 Å². The van der Waals surface area contributed by atoms with E-state index in [9.17, 15) is 74.4 Å². The van der Waals surface area contributed by atoms with Gasteiger partial charge in [-0.3, -0.25) is 33.6 Å². The smallest absolute Gasteiger partial charge is 0.251 e. The number of aromatic hydroxyl groups is 1. The average Bonchev–Trinajstić information content (AvgIpc) is 3.65. The molecule has 474 valence electrons. The number of likely N-dealkylation sites (tertiary alicyclic amines) is 2. The Labute approximate surface area is 504 Å². The Morgan fingerprint density at radius 3 is 1.72 bits per heavy atom. The molecule has 0 aliphatic carbocycles. The van der Waals surface area contributed by atoms with Crippen LogP contribution in [0.1, 0.15) is 82.3 Å². The van der Waals surface area contributed by atoms with Crippen LogP contribution in [0.4, 0.5) is 0 Å². The minimum absolute atomic E-state index is 0.0784. The fraction of sp³-hybridized carbons (Fsp3) is 0.492. The third-order valence-electron chi connectivity index (χ3n) is 15.3. The summed E-state index contributed by atoms with van der Waals surface area (Å²) in [6, 6.07) is 17.7. The number of benzene rings is 4. The quantitative estimate of drug-likeness (QED) is 0.0220. The molecule has 14 atom stereocenters. The molecule has 4 aromatic carbocycles. The number of aliphatic hydroxyl groups excluding tert-OH is 7. The van der Waals surface area contributed by atoms with Crippen LogP contribution >= 0.6 is 0 Å². The molecule has 2 heterocycles. The molecule has 17 N–H and O–H groups in total. The van der Waals surface area contributed by atoms with Gasteiger partial charge >= 0.3 is 0 Å². The highest BCUT2D eigenvalue weighted by Crippen LogP contribution is 2.30. The molecule has 87 heavy (non-hydrogen) atoms. The van der Waals surface area contributed by atoms with Crippen molar-refractivity contribution >= 4 is 41.4 Å². The highest BCUT2D eigenvalue weighted by Gasteiger charge is 2.50. The molecule has 2 aliphatic heterocycles. The Bertz CT molecular complexity index is 2930. The monoisotopic (exact) mass is 1210 g/mol. The number of β-amino-alcohol motifs (C(OH)–C–C–N with tert-alkyl or cyclic N) is 1. The van der Waals surface area contributed by atoms with Gasteiger partial charge in [0, 0.05) is 44.1 Å². The number of nitrogens with two attached hydrogens (primary N) is 2. The molecule has 2 saturated heterocycles. The molecular formula is C61H83N9O17. The van der Waals surface area contributed by atoms with E-state index >= 15 is 0 Å². The molecule has 4 aromatic rings. The first-order valence-corrected chi connectivity index (χ1v) is 29.0. The lowest BCUT2D eigenvalue weighted by Crippen LogP contribution is -2.64. The minimum atomic E-state index is -2.31. The molecule has 6 unspecified atom stereocenters.